The van der Waals surface area contributed by atoms with Crippen LogP contribution in [0.25, 0.3) is 0 Å². The molecule has 8 nitrogen and oxygen atoms in total. The largest absolute Gasteiger partial charge is 0.469 e. The van der Waals surface area contributed by atoms with Gasteiger partial charge in [0.1, 0.15) is 11.6 Å². The Morgan fingerprint density at radius 1 is 1.15 bits per heavy atom. The minimum atomic E-state index is -0.955. The first-order chi connectivity index (χ1) is 9.19. The van der Waals surface area contributed by atoms with Gasteiger partial charge in [-0.1, -0.05) is 0 Å². The Balaban J connectivity index is 4.56. The molecule has 0 saturated carbocycles. The van der Waals surface area contributed by atoms with E-state index in [1.807, 2.05) is 0 Å². The first-order valence-electron chi connectivity index (χ1n) is 6.08. The second kappa shape index (κ2) is 8.36. The van der Waals surface area contributed by atoms with E-state index < -0.39 is 29.6 Å². The molecule has 0 aliphatic rings. The second-order valence-electron chi connectivity index (χ2n) is 4.98. The number of hydrogen-bond donors (Lipinski definition) is 2. The molecule has 0 fully saturated rings. The van der Waals surface area contributed by atoms with E-state index in [0.717, 1.165) is 0 Å². The molecular formula is C12H22N2O6. The highest BCUT2D eigenvalue weighted by atomic mass is 16.6. The number of ether oxygens (including phenoxy) is 2. The lowest BCUT2D eigenvalue weighted by atomic mass is 10.1. The van der Waals surface area contributed by atoms with Crippen molar-refractivity contribution in [1.82, 2.24) is 10.8 Å². The SMILES string of the molecule is CONC(=O)[C@H](CCC(=O)OC)NC(=O)OC(C)(C)C. The van der Waals surface area contributed by atoms with Crippen LogP contribution in [0, 0.1) is 0 Å². The van der Waals surface area contributed by atoms with Gasteiger partial charge in [-0.2, -0.15) is 0 Å². The first kappa shape index (κ1) is 18.2. The highest BCUT2D eigenvalue weighted by Gasteiger charge is 2.25. The molecule has 0 bridgehead atoms. The van der Waals surface area contributed by atoms with E-state index in [1.165, 1.54) is 14.2 Å². The standard InChI is InChI=1S/C12H22N2O6/c1-12(2,3)20-11(17)13-8(10(16)14-19-5)6-7-9(15)18-4/h8H,6-7H2,1-5H3,(H,13,17)(H,14,16)/t8-/m0/s1. The maximum absolute atomic E-state index is 11.7. The molecule has 0 aromatic carbocycles. The maximum atomic E-state index is 11.7. The summed E-state index contributed by atoms with van der Waals surface area (Å²) in [5.41, 5.74) is 1.41. The molecule has 8 heteroatoms. The molecule has 116 valence electrons. The lowest BCUT2D eigenvalue weighted by molar-refractivity contribution is -0.141. The molecular weight excluding hydrogens is 268 g/mol. The topological polar surface area (TPSA) is 103 Å². The number of amides is 2. The summed E-state index contributed by atoms with van der Waals surface area (Å²) in [5.74, 6) is -1.06. The molecule has 2 N–H and O–H groups in total. The molecule has 0 aliphatic carbocycles. The Morgan fingerprint density at radius 2 is 1.75 bits per heavy atom. The van der Waals surface area contributed by atoms with Crippen LogP contribution >= 0.6 is 0 Å². The normalized spacial score (nSPS) is 12.2. The maximum Gasteiger partial charge on any atom is 0.408 e. The number of nitrogens with one attached hydrogen (secondary N) is 2. The van der Waals surface area contributed by atoms with Crippen molar-refractivity contribution in [2.45, 2.75) is 45.3 Å². The summed E-state index contributed by atoms with van der Waals surface area (Å²) in [6, 6.07) is -0.955. The van der Waals surface area contributed by atoms with E-state index in [-0.39, 0.29) is 12.8 Å². The Labute approximate surface area is 118 Å². The zero-order valence-corrected chi connectivity index (χ0v) is 12.4. The number of carbonyl (C=O) groups is 3. The summed E-state index contributed by atoms with van der Waals surface area (Å²) in [7, 11) is 2.51. The average molecular weight is 290 g/mol. The third kappa shape index (κ3) is 8.30. The van der Waals surface area contributed by atoms with E-state index in [1.54, 1.807) is 20.8 Å². The second-order valence-corrected chi connectivity index (χ2v) is 4.98. The van der Waals surface area contributed by atoms with Crippen molar-refractivity contribution in [3.8, 4) is 0 Å². The minimum absolute atomic E-state index is 0.0197. The van der Waals surface area contributed by atoms with Gasteiger partial charge < -0.3 is 14.8 Å². The fourth-order valence-electron chi connectivity index (χ4n) is 1.25. The van der Waals surface area contributed by atoms with Crippen molar-refractivity contribution in [3.63, 3.8) is 0 Å². The predicted molar refractivity (Wildman–Crippen MR) is 69.6 cm³/mol. The smallest absolute Gasteiger partial charge is 0.408 e. The van der Waals surface area contributed by atoms with E-state index in [0.29, 0.717) is 0 Å². The molecule has 0 spiro atoms. The van der Waals surface area contributed by atoms with Gasteiger partial charge in [0, 0.05) is 6.42 Å². The lowest BCUT2D eigenvalue weighted by Crippen LogP contribution is -2.48. The van der Waals surface area contributed by atoms with Gasteiger partial charge >= 0.3 is 12.1 Å². The Kier molecular flexibility index (Phi) is 7.60. The Morgan fingerprint density at radius 3 is 2.20 bits per heavy atom. The average Bonchev–Trinajstić information content (AvgIpc) is 2.31. The van der Waals surface area contributed by atoms with Crippen LogP contribution in [-0.4, -0.2) is 43.8 Å². The summed E-state index contributed by atoms with van der Waals surface area (Å²) in [4.78, 5) is 38.9. The molecule has 20 heavy (non-hydrogen) atoms. The molecule has 0 aliphatic heterocycles. The van der Waals surface area contributed by atoms with Crippen molar-refractivity contribution in [2.24, 2.45) is 0 Å². The fraction of sp³-hybridized carbons (Fsp3) is 0.750. The summed E-state index contributed by atoms with van der Waals surface area (Å²) in [6.45, 7) is 5.10. The van der Waals surface area contributed by atoms with E-state index in [2.05, 4.69) is 20.4 Å². The van der Waals surface area contributed by atoms with Gasteiger partial charge in [0.05, 0.1) is 14.2 Å². The molecule has 0 aromatic rings. The van der Waals surface area contributed by atoms with Crippen LogP contribution in [0.15, 0.2) is 0 Å². The Hall–Kier alpha value is -1.83. The zero-order valence-electron chi connectivity index (χ0n) is 12.4. The quantitative estimate of drug-likeness (QED) is 0.546. The molecule has 0 aromatic heterocycles. The van der Waals surface area contributed by atoms with Crippen molar-refractivity contribution in [1.29, 1.82) is 0 Å². The molecule has 0 heterocycles. The van der Waals surface area contributed by atoms with Crippen LogP contribution in [0.5, 0.6) is 0 Å². The third-order valence-electron chi connectivity index (χ3n) is 2.07. The number of methoxy groups -OCH3 is 1. The molecule has 0 unspecified atom stereocenters. The van der Waals surface area contributed by atoms with Crippen molar-refractivity contribution in [3.05, 3.63) is 0 Å². The van der Waals surface area contributed by atoms with E-state index in [4.69, 9.17) is 4.74 Å². The molecule has 0 saturated heterocycles. The van der Waals surface area contributed by atoms with Crippen molar-refractivity contribution >= 4 is 18.0 Å². The van der Waals surface area contributed by atoms with Crippen LogP contribution in [0.4, 0.5) is 4.79 Å². The minimum Gasteiger partial charge on any atom is -0.469 e. The molecule has 0 radical (unpaired) electrons. The van der Waals surface area contributed by atoms with Crippen molar-refractivity contribution in [2.75, 3.05) is 14.2 Å². The van der Waals surface area contributed by atoms with Gasteiger partial charge in [-0.05, 0) is 27.2 Å². The highest BCUT2D eigenvalue weighted by Crippen LogP contribution is 2.08. The summed E-state index contributed by atoms with van der Waals surface area (Å²) < 4.78 is 9.52. The first-order valence-corrected chi connectivity index (χ1v) is 6.08. The van der Waals surface area contributed by atoms with Gasteiger partial charge in [-0.15, -0.1) is 0 Å². The van der Waals surface area contributed by atoms with Gasteiger partial charge in [-0.3, -0.25) is 14.4 Å². The van der Waals surface area contributed by atoms with Crippen LogP contribution in [-0.2, 0) is 23.9 Å². The number of alkyl carbamates (subject to hydrolysis) is 1. The molecule has 0 rings (SSSR count). The predicted octanol–water partition coefficient (Wildman–Crippen LogP) is 0.510. The van der Waals surface area contributed by atoms with Crippen LogP contribution in [0.1, 0.15) is 33.6 Å². The van der Waals surface area contributed by atoms with Crippen molar-refractivity contribution < 1.29 is 28.7 Å². The van der Waals surface area contributed by atoms with Gasteiger partial charge in [0.25, 0.3) is 5.91 Å². The molecule has 2 amide bonds. The number of hydroxylamine groups is 1. The summed E-state index contributed by atoms with van der Waals surface area (Å²) in [6.07, 6.45) is -0.700. The number of rotatable bonds is 6. The Bertz CT molecular complexity index is 350. The monoisotopic (exact) mass is 290 g/mol. The van der Waals surface area contributed by atoms with Gasteiger partial charge in [0.2, 0.25) is 0 Å². The van der Waals surface area contributed by atoms with E-state index >= 15 is 0 Å². The summed E-state index contributed by atoms with van der Waals surface area (Å²) in [5, 5.41) is 2.38. The highest BCUT2D eigenvalue weighted by molar-refractivity contribution is 5.85. The molecule has 1 atom stereocenters. The number of esters is 1. The third-order valence-corrected chi connectivity index (χ3v) is 2.07. The number of carbonyl (C=O) groups excluding carboxylic acids is 3. The van der Waals surface area contributed by atoms with Crippen LogP contribution < -0.4 is 10.8 Å². The summed E-state index contributed by atoms with van der Waals surface area (Å²) >= 11 is 0. The van der Waals surface area contributed by atoms with Gasteiger partial charge in [0.15, 0.2) is 0 Å². The fourth-order valence-corrected chi connectivity index (χ4v) is 1.25. The van der Waals surface area contributed by atoms with Gasteiger partial charge in [-0.25, -0.2) is 10.3 Å². The van der Waals surface area contributed by atoms with Crippen LogP contribution in [0.3, 0.4) is 0 Å². The zero-order chi connectivity index (χ0) is 15.8. The number of hydrogen-bond acceptors (Lipinski definition) is 6. The van der Waals surface area contributed by atoms with Crippen LogP contribution in [0.2, 0.25) is 0 Å². The lowest BCUT2D eigenvalue weighted by Gasteiger charge is -2.22. The van der Waals surface area contributed by atoms with E-state index in [9.17, 15) is 14.4 Å².